The summed E-state index contributed by atoms with van der Waals surface area (Å²) in [6.07, 6.45) is 0.186. The number of carbonyl (C=O) groups excluding carboxylic acids is 1. The Balaban J connectivity index is 1.71. The number of rotatable bonds is 10. The Bertz CT molecular complexity index is 1240. The number of nitrogens with zero attached hydrogens (tertiary/aromatic N) is 2. The van der Waals surface area contributed by atoms with Gasteiger partial charge in [0.2, 0.25) is 0 Å². The fourth-order valence-electron chi connectivity index (χ4n) is 2.91. The van der Waals surface area contributed by atoms with Crippen LogP contribution in [-0.4, -0.2) is 30.3 Å². The van der Waals surface area contributed by atoms with Gasteiger partial charge in [0.05, 0.1) is 34.9 Å². The van der Waals surface area contributed by atoms with E-state index < -0.39 is 16.9 Å². The molecule has 0 aromatic heterocycles. The zero-order valence-corrected chi connectivity index (χ0v) is 20.2. The molecule has 1 unspecified atom stereocenters. The largest absolute Gasteiger partial charge is 0.493 e. The van der Waals surface area contributed by atoms with Crippen LogP contribution in [0.1, 0.15) is 18.1 Å². The number of ether oxygens (including phenoxy) is 3. The molecule has 0 aliphatic rings. The van der Waals surface area contributed by atoms with Crippen LogP contribution in [0.5, 0.6) is 17.2 Å². The smallest absolute Gasteiger partial charge is 0.282 e. The Morgan fingerprint density at radius 3 is 2.51 bits per heavy atom. The molecule has 0 radical (unpaired) electrons. The number of nitro benzene ring substituents is 1. The summed E-state index contributed by atoms with van der Waals surface area (Å²) in [5.41, 5.74) is 3.01. The minimum absolute atomic E-state index is 0.105. The monoisotopic (exact) mass is 517 g/mol. The molecule has 35 heavy (non-hydrogen) atoms. The van der Waals surface area contributed by atoms with Crippen LogP contribution in [0.4, 0.5) is 5.69 Å². The average molecular weight is 518 g/mol. The Hall–Kier alpha value is -3.82. The molecule has 11 heteroatoms. The Kier molecular flexibility index (Phi) is 8.88. The number of nitro groups is 1. The van der Waals surface area contributed by atoms with Crippen LogP contribution in [0, 0.1) is 10.1 Å². The number of carbonyl (C=O) groups is 1. The van der Waals surface area contributed by atoms with E-state index in [0.29, 0.717) is 5.02 Å². The average Bonchev–Trinajstić information content (AvgIpc) is 2.84. The van der Waals surface area contributed by atoms with Crippen LogP contribution in [0.3, 0.4) is 0 Å². The van der Waals surface area contributed by atoms with Crippen molar-refractivity contribution in [3.05, 3.63) is 92.0 Å². The maximum absolute atomic E-state index is 12.3. The normalized spacial score (nSPS) is 11.7. The van der Waals surface area contributed by atoms with E-state index in [4.69, 9.17) is 37.4 Å². The predicted molar refractivity (Wildman–Crippen MR) is 133 cm³/mol. The third-order valence-electron chi connectivity index (χ3n) is 4.69. The number of hydrogen-bond donors (Lipinski definition) is 1. The molecule has 182 valence electrons. The lowest BCUT2D eigenvalue weighted by molar-refractivity contribution is -0.385. The van der Waals surface area contributed by atoms with Crippen molar-refractivity contribution in [3.8, 4) is 17.2 Å². The van der Waals surface area contributed by atoms with E-state index in [1.807, 2.05) is 30.3 Å². The maximum Gasteiger partial charge on any atom is 0.282 e. The highest BCUT2D eigenvalue weighted by Crippen LogP contribution is 2.34. The van der Waals surface area contributed by atoms with E-state index in [9.17, 15) is 14.9 Å². The molecule has 0 saturated carbocycles. The number of halogens is 2. The molecule has 0 spiro atoms. The van der Waals surface area contributed by atoms with Crippen molar-refractivity contribution in [1.29, 1.82) is 0 Å². The SMILES string of the molecule is COc1cc(/C=N\NC(=O)C(C)Oc2ccc(Cl)cc2Cl)c([N+](=O)[O-])cc1OCc1ccccc1. The molecule has 0 heterocycles. The lowest BCUT2D eigenvalue weighted by Crippen LogP contribution is -2.33. The van der Waals surface area contributed by atoms with E-state index in [2.05, 4.69) is 10.5 Å². The molecule has 0 fully saturated rings. The number of amides is 1. The molecule has 3 aromatic carbocycles. The van der Waals surface area contributed by atoms with Crippen LogP contribution in [-0.2, 0) is 11.4 Å². The van der Waals surface area contributed by atoms with Crippen LogP contribution in [0.15, 0.2) is 65.8 Å². The molecule has 3 aromatic rings. The van der Waals surface area contributed by atoms with Crippen molar-refractivity contribution in [1.82, 2.24) is 5.43 Å². The van der Waals surface area contributed by atoms with Gasteiger partial charge in [-0.15, -0.1) is 0 Å². The first-order chi connectivity index (χ1) is 16.8. The minimum Gasteiger partial charge on any atom is -0.493 e. The van der Waals surface area contributed by atoms with Crippen LogP contribution in [0.2, 0.25) is 10.0 Å². The van der Waals surface area contributed by atoms with E-state index in [1.165, 1.54) is 38.3 Å². The van der Waals surface area contributed by atoms with E-state index in [-0.39, 0.29) is 40.1 Å². The van der Waals surface area contributed by atoms with Crippen molar-refractivity contribution >= 4 is 41.0 Å². The summed E-state index contributed by atoms with van der Waals surface area (Å²) in [7, 11) is 1.42. The van der Waals surface area contributed by atoms with Gasteiger partial charge in [-0.3, -0.25) is 14.9 Å². The second-order valence-electron chi connectivity index (χ2n) is 7.16. The summed E-state index contributed by atoms with van der Waals surface area (Å²) in [6.45, 7) is 1.70. The number of methoxy groups -OCH3 is 1. The molecule has 0 aliphatic heterocycles. The fourth-order valence-corrected chi connectivity index (χ4v) is 3.36. The molecule has 1 amide bonds. The molecule has 0 saturated heterocycles. The molecular weight excluding hydrogens is 497 g/mol. The van der Waals surface area contributed by atoms with E-state index in [0.717, 1.165) is 11.8 Å². The number of benzene rings is 3. The van der Waals surface area contributed by atoms with Crippen molar-refractivity contribution in [2.45, 2.75) is 19.6 Å². The van der Waals surface area contributed by atoms with Crippen molar-refractivity contribution in [2.24, 2.45) is 5.10 Å². The van der Waals surface area contributed by atoms with Crippen LogP contribution in [0.25, 0.3) is 0 Å². The second-order valence-corrected chi connectivity index (χ2v) is 8.01. The number of nitrogens with one attached hydrogen (secondary N) is 1. The Labute approximate surface area is 211 Å². The molecule has 1 atom stereocenters. The van der Waals surface area contributed by atoms with Gasteiger partial charge in [-0.25, -0.2) is 5.43 Å². The van der Waals surface area contributed by atoms with E-state index in [1.54, 1.807) is 6.07 Å². The molecule has 0 aliphatic carbocycles. The molecule has 3 rings (SSSR count). The molecular formula is C24H21Cl2N3O6. The van der Waals surface area contributed by atoms with Crippen LogP contribution >= 0.6 is 23.2 Å². The third-order valence-corrected chi connectivity index (χ3v) is 5.22. The summed E-state index contributed by atoms with van der Waals surface area (Å²) in [6, 6.07) is 16.6. The van der Waals surface area contributed by atoms with Gasteiger partial charge in [0.1, 0.15) is 12.4 Å². The zero-order chi connectivity index (χ0) is 25.4. The fraction of sp³-hybridized carbons (Fsp3) is 0.167. The van der Waals surface area contributed by atoms with Crippen molar-refractivity contribution in [3.63, 3.8) is 0 Å². The third kappa shape index (κ3) is 7.08. The van der Waals surface area contributed by atoms with Crippen LogP contribution < -0.4 is 19.6 Å². The molecule has 1 N–H and O–H groups in total. The predicted octanol–water partition coefficient (Wildman–Crippen LogP) is 5.41. The summed E-state index contributed by atoms with van der Waals surface area (Å²) >= 11 is 11.9. The molecule has 0 bridgehead atoms. The van der Waals surface area contributed by atoms with Gasteiger partial charge in [0.15, 0.2) is 17.6 Å². The molecule has 9 nitrogen and oxygen atoms in total. The van der Waals surface area contributed by atoms with Gasteiger partial charge >= 0.3 is 0 Å². The minimum atomic E-state index is -0.955. The van der Waals surface area contributed by atoms with E-state index >= 15 is 0 Å². The summed E-state index contributed by atoms with van der Waals surface area (Å²) in [5.74, 6) is 0.151. The first kappa shape index (κ1) is 25.8. The Morgan fingerprint density at radius 1 is 1.11 bits per heavy atom. The highest BCUT2D eigenvalue weighted by Gasteiger charge is 2.20. The lowest BCUT2D eigenvalue weighted by atomic mass is 10.1. The number of hydrazone groups is 1. The van der Waals surface area contributed by atoms with Gasteiger partial charge in [-0.05, 0) is 36.8 Å². The standard InChI is InChI=1S/C24H21Cl2N3O6/c1-15(35-21-9-8-18(25)11-19(21)26)24(30)28-27-13-17-10-22(33-2)23(12-20(17)29(31)32)34-14-16-6-4-3-5-7-16/h3-13,15H,14H2,1-2H3,(H,28,30)/b27-13-. The van der Waals surface area contributed by atoms with Crippen molar-refractivity contribution in [2.75, 3.05) is 7.11 Å². The quantitative estimate of drug-likeness (QED) is 0.218. The van der Waals surface area contributed by atoms with Gasteiger partial charge in [-0.2, -0.15) is 5.10 Å². The van der Waals surface area contributed by atoms with Gasteiger partial charge < -0.3 is 14.2 Å². The van der Waals surface area contributed by atoms with Gasteiger partial charge in [0.25, 0.3) is 11.6 Å². The summed E-state index contributed by atoms with van der Waals surface area (Å²) < 4.78 is 16.6. The number of hydrogen-bond acceptors (Lipinski definition) is 7. The topological polar surface area (TPSA) is 112 Å². The van der Waals surface area contributed by atoms with Gasteiger partial charge in [-0.1, -0.05) is 53.5 Å². The highest BCUT2D eigenvalue weighted by molar-refractivity contribution is 6.35. The Morgan fingerprint density at radius 2 is 1.86 bits per heavy atom. The lowest BCUT2D eigenvalue weighted by Gasteiger charge is -2.14. The van der Waals surface area contributed by atoms with Crippen molar-refractivity contribution < 1.29 is 23.9 Å². The summed E-state index contributed by atoms with van der Waals surface area (Å²) in [4.78, 5) is 23.4. The van der Waals surface area contributed by atoms with Gasteiger partial charge in [0, 0.05) is 5.02 Å². The zero-order valence-electron chi connectivity index (χ0n) is 18.7. The second kappa shape index (κ2) is 12.0. The maximum atomic E-state index is 12.3. The summed E-state index contributed by atoms with van der Waals surface area (Å²) in [5, 5.41) is 16.1. The first-order valence-electron chi connectivity index (χ1n) is 10.3. The highest BCUT2D eigenvalue weighted by atomic mass is 35.5. The first-order valence-corrected chi connectivity index (χ1v) is 11.0.